The molecule has 2 rings (SSSR count). The fraction of sp³-hybridized carbons (Fsp3) is 0.737. The fourth-order valence-electron chi connectivity index (χ4n) is 3.35. The molecule has 1 fully saturated rings. The van der Waals surface area contributed by atoms with Crippen molar-refractivity contribution in [2.75, 3.05) is 5.32 Å². The van der Waals surface area contributed by atoms with Crippen LogP contribution in [-0.2, 0) is 16.0 Å². The molecule has 2 N–H and O–H groups in total. The molecule has 5 nitrogen and oxygen atoms in total. The van der Waals surface area contributed by atoms with Crippen molar-refractivity contribution >= 4 is 28.3 Å². The summed E-state index contributed by atoms with van der Waals surface area (Å²) >= 11 is 1.49. The number of carbonyl (C=O) groups excluding carboxylic acids is 1. The molecule has 140 valence electrons. The van der Waals surface area contributed by atoms with Crippen molar-refractivity contribution in [1.29, 1.82) is 0 Å². The van der Waals surface area contributed by atoms with Gasteiger partial charge in [-0.3, -0.25) is 9.59 Å². The van der Waals surface area contributed by atoms with E-state index in [2.05, 4.69) is 31.1 Å². The lowest BCUT2D eigenvalue weighted by Crippen LogP contribution is -2.36. The zero-order valence-corrected chi connectivity index (χ0v) is 16.5. The van der Waals surface area contributed by atoms with E-state index in [9.17, 15) is 14.7 Å². The van der Waals surface area contributed by atoms with Gasteiger partial charge < -0.3 is 10.4 Å². The van der Waals surface area contributed by atoms with E-state index in [-0.39, 0.29) is 5.91 Å². The molecule has 25 heavy (non-hydrogen) atoms. The van der Waals surface area contributed by atoms with Crippen LogP contribution < -0.4 is 5.32 Å². The van der Waals surface area contributed by atoms with Crippen LogP contribution in [-0.4, -0.2) is 22.0 Å². The van der Waals surface area contributed by atoms with Crippen LogP contribution in [0.1, 0.15) is 63.4 Å². The Morgan fingerprint density at radius 1 is 1.24 bits per heavy atom. The van der Waals surface area contributed by atoms with Gasteiger partial charge in [0.2, 0.25) is 5.91 Å². The molecule has 0 bridgehead atoms. The molecule has 1 aromatic rings. The standard InChI is InChI=1S/C19H30N2O3S/c1-11(2)12(3)9-10-16-13(4)25-19(20-16)21-17(22)14-7-5-6-8-15(14)18(23)24/h11-12,14-15H,5-10H2,1-4H3,(H,23,24)(H,20,21,22). The van der Waals surface area contributed by atoms with Gasteiger partial charge in [0.05, 0.1) is 17.5 Å². The number of carboxylic acid groups (broad SMARTS) is 1. The van der Waals surface area contributed by atoms with Crippen LogP contribution >= 0.6 is 11.3 Å². The average Bonchev–Trinajstić information content (AvgIpc) is 2.91. The summed E-state index contributed by atoms with van der Waals surface area (Å²) in [5, 5.41) is 12.8. The molecule has 1 aliphatic carbocycles. The van der Waals surface area contributed by atoms with E-state index in [1.165, 1.54) is 11.3 Å². The molecule has 1 aliphatic rings. The molecule has 0 aliphatic heterocycles. The van der Waals surface area contributed by atoms with E-state index in [1.54, 1.807) is 0 Å². The van der Waals surface area contributed by atoms with Crippen LogP contribution in [0.5, 0.6) is 0 Å². The fourth-order valence-corrected chi connectivity index (χ4v) is 4.21. The normalized spacial score (nSPS) is 22.0. The maximum absolute atomic E-state index is 12.6. The Morgan fingerprint density at radius 2 is 1.88 bits per heavy atom. The highest BCUT2D eigenvalue weighted by Gasteiger charge is 2.36. The zero-order chi connectivity index (χ0) is 18.6. The molecular weight excluding hydrogens is 336 g/mol. The highest BCUT2D eigenvalue weighted by Crippen LogP contribution is 2.32. The van der Waals surface area contributed by atoms with Gasteiger partial charge in [0.15, 0.2) is 5.13 Å². The number of aliphatic carboxylic acids is 1. The minimum absolute atomic E-state index is 0.192. The van der Waals surface area contributed by atoms with Gasteiger partial charge in [0, 0.05) is 4.88 Å². The summed E-state index contributed by atoms with van der Waals surface area (Å²) < 4.78 is 0. The van der Waals surface area contributed by atoms with Crippen LogP contribution in [0.4, 0.5) is 5.13 Å². The first-order valence-electron chi connectivity index (χ1n) is 9.29. The van der Waals surface area contributed by atoms with E-state index >= 15 is 0 Å². The Hall–Kier alpha value is -1.43. The lowest BCUT2D eigenvalue weighted by molar-refractivity contribution is -0.147. The second-order valence-corrected chi connectivity index (χ2v) is 8.81. The predicted molar refractivity (Wildman–Crippen MR) is 101 cm³/mol. The van der Waals surface area contributed by atoms with Gasteiger partial charge in [-0.05, 0) is 44.4 Å². The number of aryl methyl sites for hydroxylation is 2. The molecule has 1 heterocycles. The van der Waals surface area contributed by atoms with Crippen molar-refractivity contribution in [3.8, 4) is 0 Å². The second-order valence-electron chi connectivity index (χ2n) is 7.61. The summed E-state index contributed by atoms with van der Waals surface area (Å²) in [6.07, 6.45) is 5.03. The third kappa shape index (κ3) is 5.27. The topological polar surface area (TPSA) is 79.3 Å². The maximum atomic E-state index is 12.6. The Bertz CT molecular complexity index is 612. The monoisotopic (exact) mass is 366 g/mol. The number of hydrogen-bond acceptors (Lipinski definition) is 4. The molecule has 3 atom stereocenters. The number of rotatable bonds is 7. The van der Waals surface area contributed by atoms with Crippen molar-refractivity contribution in [2.45, 2.75) is 66.2 Å². The third-order valence-corrected chi connectivity index (χ3v) is 6.45. The van der Waals surface area contributed by atoms with Crippen LogP contribution in [0.25, 0.3) is 0 Å². The van der Waals surface area contributed by atoms with Gasteiger partial charge in [0.25, 0.3) is 0 Å². The lowest BCUT2D eigenvalue weighted by Gasteiger charge is -2.26. The van der Waals surface area contributed by atoms with Crippen molar-refractivity contribution in [3.05, 3.63) is 10.6 Å². The molecule has 0 aromatic carbocycles. The molecule has 1 aromatic heterocycles. The van der Waals surface area contributed by atoms with Crippen LogP contribution in [0.15, 0.2) is 0 Å². The molecule has 0 spiro atoms. The summed E-state index contributed by atoms with van der Waals surface area (Å²) in [5.74, 6) is -0.780. The van der Waals surface area contributed by atoms with Gasteiger partial charge in [-0.15, -0.1) is 11.3 Å². The molecule has 3 unspecified atom stereocenters. The van der Waals surface area contributed by atoms with E-state index < -0.39 is 17.8 Å². The van der Waals surface area contributed by atoms with Crippen molar-refractivity contribution < 1.29 is 14.7 Å². The largest absolute Gasteiger partial charge is 0.481 e. The number of thiazole rings is 1. The third-order valence-electron chi connectivity index (χ3n) is 5.52. The van der Waals surface area contributed by atoms with Crippen LogP contribution in [0.3, 0.4) is 0 Å². The minimum atomic E-state index is -0.862. The Balaban J connectivity index is 1.99. The van der Waals surface area contributed by atoms with E-state index in [0.717, 1.165) is 36.3 Å². The number of nitrogens with one attached hydrogen (secondary N) is 1. The molecule has 6 heteroatoms. The minimum Gasteiger partial charge on any atom is -0.481 e. The first-order chi connectivity index (χ1) is 11.8. The summed E-state index contributed by atoms with van der Waals surface area (Å²) in [7, 11) is 0. The molecule has 0 saturated heterocycles. The molecule has 1 amide bonds. The quantitative estimate of drug-likeness (QED) is 0.744. The van der Waals surface area contributed by atoms with Crippen LogP contribution in [0, 0.1) is 30.6 Å². The Labute approximate surface area is 154 Å². The predicted octanol–water partition coefficient (Wildman–Crippen LogP) is 4.51. The number of amides is 1. The van der Waals surface area contributed by atoms with E-state index in [0.29, 0.717) is 29.8 Å². The van der Waals surface area contributed by atoms with E-state index in [1.807, 2.05) is 6.92 Å². The first-order valence-corrected chi connectivity index (χ1v) is 10.1. The number of aromatic nitrogens is 1. The summed E-state index contributed by atoms with van der Waals surface area (Å²) in [6, 6.07) is 0. The smallest absolute Gasteiger partial charge is 0.307 e. The summed E-state index contributed by atoms with van der Waals surface area (Å²) in [4.78, 5) is 29.7. The zero-order valence-electron chi connectivity index (χ0n) is 15.7. The number of carboxylic acids is 1. The lowest BCUT2D eigenvalue weighted by atomic mass is 9.79. The van der Waals surface area contributed by atoms with Gasteiger partial charge >= 0.3 is 5.97 Å². The van der Waals surface area contributed by atoms with Crippen molar-refractivity contribution in [2.24, 2.45) is 23.7 Å². The Kier molecular flexibility index (Phi) is 6.99. The van der Waals surface area contributed by atoms with Gasteiger partial charge in [0.1, 0.15) is 0 Å². The van der Waals surface area contributed by atoms with Gasteiger partial charge in [-0.25, -0.2) is 4.98 Å². The second kappa shape index (κ2) is 8.79. The number of anilines is 1. The van der Waals surface area contributed by atoms with Gasteiger partial charge in [-0.2, -0.15) is 0 Å². The van der Waals surface area contributed by atoms with Crippen molar-refractivity contribution in [3.63, 3.8) is 0 Å². The highest BCUT2D eigenvalue weighted by atomic mass is 32.1. The maximum Gasteiger partial charge on any atom is 0.307 e. The molecule has 1 saturated carbocycles. The molecular formula is C19H30N2O3S. The number of nitrogens with zero attached hydrogens (tertiary/aromatic N) is 1. The Morgan fingerprint density at radius 3 is 2.48 bits per heavy atom. The van der Waals surface area contributed by atoms with Gasteiger partial charge in [-0.1, -0.05) is 33.6 Å². The van der Waals surface area contributed by atoms with Crippen LogP contribution in [0.2, 0.25) is 0 Å². The van der Waals surface area contributed by atoms with E-state index in [4.69, 9.17) is 0 Å². The molecule has 0 radical (unpaired) electrons. The van der Waals surface area contributed by atoms with Crippen molar-refractivity contribution in [1.82, 2.24) is 4.98 Å². The average molecular weight is 367 g/mol. The first kappa shape index (κ1) is 19.9. The number of hydrogen-bond donors (Lipinski definition) is 2. The summed E-state index contributed by atoms with van der Waals surface area (Å²) in [5.41, 5.74) is 1.05. The SMILES string of the molecule is Cc1sc(NC(=O)C2CCCCC2C(=O)O)nc1CCC(C)C(C)C. The number of carbonyl (C=O) groups is 2. The summed E-state index contributed by atoms with van der Waals surface area (Å²) in [6.45, 7) is 8.74. The highest BCUT2D eigenvalue weighted by molar-refractivity contribution is 7.15.